The third-order valence-corrected chi connectivity index (χ3v) is 9.57. The number of nitrogens with zero attached hydrogens (tertiary/aromatic N) is 2. The minimum atomic E-state index is 1.16. The number of para-hydroxylation sites is 3. The lowest BCUT2D eigenvalue weighted by Crippen LogP contribution is -2.01. The molecule has 0 spiro atoms. The maximum Gasteiger partial charge on any atom is 0.0641 e. The van der Waals surface area contributed by atoms with Crippen molar-refractivity contribution in [3.8, 4) is 33.6 Å². The van der Waals surface area contributed by atoms with Gasteiger partial charge in [-0.25, -0.2) is 0 Å². The van der Waals surface area contributed by atoms with E-state index in [1.165, 1.54) is 75.1 Å². The first-order valence-electron chi connectivity index (χ1n) is 15.2. The fourth-order valence-corrected chi connectivity index (χ4v) is 7.73. The number of rotatable bonds is 4. The first-order valence-corrected chi connectivity index (χ1v) is 16.3. The molecule has 0 N–H and O–H groups in total. The maximum absolute atomic E-state index is 2.51. The van der Waals surface area contributed by atoms with Gasteiger partial charge in [-0.3, -0.25) is 0 Å². The summed E-state index contributed by atoms with van der Waals surface area (Å²) >= 11 is 2.47. The first kappa shape index (κ1) is 26.3. The Bertz CT molecular complexity index is 2460. The van der Waals surface area contributed by atoms with Crippen molar-refractivity contribution < 1.29 is 0 Å². The second-order valence-electron chi connectivity index (χ2n) is 11.5. The highest BCUT2D eigenvalue weighted by Gasteiger charge is 2.24. The van der Waals surface area contributed by atoms with Gasteiger partial charge >= 0.3 is 0 Å². The van der Waals surface area contributed by atoms with E-state index < -0.39 is 0 Å². The maximum atomic E-state index is 2.51. The van der Waals surface area contributed by atoms with Crippen LogP contribution in [0.4, 0.5) is 0 Å². The van der Waals surface area contributed by atoms with E-state index in [9.17, 15) is 0 Å². The monoisotopic (exact) mass is 686 g/mol. The van der Waals surface area contributed by atoms with Gasteiger partial charge in [-0.15, -0.1) is 0 Å². The summed E-state index contributed by atoms with van der Waals surface area (Å²) in [5.74, 6) is 0. The van der Waals surface area contributed by atoms with Gasteiger partial charge in [0.2, 0.25) is 0 Å². The Labute approximate surface area is 274 Å². The van der Waals surface area contributed by atoms with E-state index in [-0.39, 0.29) is 0 Å². The van der Waals surface area contributed by atoms with Crippen LogP contribution in [-0.2, 0) is 0 Å². The predicted molar refractivity (Wildman–Crippen MR) is 199 cm³/mol. The molecule has 0 amide bonds. The van der Waals surface area contributed by atoms with E-state index >= 15 is 0 Å². The van der Waals surface area contributed by atoms with Gasteiger partial charge in [0.25, 0.3) is 0 Å². The highest BCUT2D eigenvalue weighted by Crippen LogP contribution is 2.45. The molecular weight excluding hydrogens is 659 g/mol. The van der Waals surface area contributed by atoms with Gasteiger partial charge in [0, 0.05) is 41.9 Å². The standard InChI is InChI=1S/C42H27IN2/c43-30-26-35(28-14-4-1-5-15-28)41(36(27-30)29-16-6-2-7-17-29)45-38-23-13-11-21-34(38)40-39(45)25-24-33-32-20-10-12-22-37(32)44(42(33)40)31-18-8-3-9-19-31/h1-27H. The molecule has 2 aromatic heterocycles. The smallest absolute Gasteiger partial charge is 0.0641 e. The molecule has 0 saturated carbocycles. The van der Waals surface area contributed by atoms with Gasteiger partial charge in [-0.05, 0) is 76.2 Å². The zero-order valence-corrected chi connectivity index (χ0v) is 26.5. The number of aromatic nitrogens is 2. The lowest BCUT2D eigenvalue weighted by molar-refractivity contribution is 1.17. The highest BCUT2D eigenvalue weighted by molar-refractivity contribution is 14.1. The SMILES string of the molecule is Ic1cc(-c2ccccc2)c(-n2c3ccccc3c3c2ccc2c4ccccc4n(-c4ccccc4)c23)c(-c2ccccc2)c1. The van der Waals surface area contributed by atoms with E-state index in [0.717, 1.165) is 5.69 Å². The highest BCUT2D eigenvalue weighted by atomic mass is 127. The molecule has 7 aromatic carbocycles. The van der Waals surface area contributed by atoms with Crippen molar-refractivity contribution in [3.05, 3.63) is 167 Å². The molecule has 0 aliphatic heterocycles. The van der Waals surface area contributed by atoms with Crippen molar-refractivity contribution in [2.75, 3.05) is 0 Å². The molecule has 0 bridgehead atoms. The Hall–Kier alpha value is -5.13. The lowest BCUT2D eigenvalue weighted by atomic mass is 9.95. The van der Waals surface area contributed by atoms with Crippen molar-refractivity contribution >= 4 is 66.2 Å². The quantitative estimate of drug-likeness (QED) is 0.163. The summed E-state index contributed by atoms with van der Waals surface area (Å²) in [5.41, 5.74) is 12.0. The molecule has 3 heteroatoms. The lowest BCUT2D eigenvalue weighted by Gasteiger charge is -2.20. The normalized spacial score (nSPS) is 11.7. The van der Waals surface area contributed by atoms with Crippen molar-refractivity contribution in [3.63, 3.8) is 0 Å². The summed E-state index contributed by atoms with van der Waals surface area (Å²) in [6, 6.07) is 59.4. The molecule has 0 unspecified atom stereocenters. The topological polar surface area (TPSA) is 9.86 Å². The summed E-state index contributed by atoms with van der Waals surface area (Å²) in [7, 11) is 0. The average molecular weight is 687 g/mol. The molecule has 0 fully saturated rings. The van der Waals surface area contributed by atoms with Gasteiger partial charge in [0.05, 0.1) is 27.8 Å². The molecular formula is C42H27IN2. The van der Waals surface area contributed by atoms with Crippen LogP contribution in [0.5, 0.6) is 0 Å². The second kappa shape index (κ2) is 10.5. The molecule has 45 heavy (non-hydrogen) atoms. The number of hydrogen-bond donors (Lipinski definition) is 0. The number of halogens is 1. The number of hydrogen-bond acceptors (Lipinski definition) is 0. The average Bonchev–Trinajstić information content (AvgIpc) is 3.62. The number of fused-ring (bicyclic) bond motifs is 7. The molecule has 0 radical (unpaired) electrons. The van der Waals surface area contributed by atoms with E-state index in [1.54, 1.807) is 0 Å². The van der Waals surface area contributed by atoms with Crippen molar-refractivity contribution in [2.45, 2.75) is 0 Å². The third kappa shape index (κ3) is 4.08. The van der Waals surface area contributed by atoms with Crippen LogP contribution in [0.25, 0.3) is 77.2 Å². The fraction of sp³-hybridized carbons (Fsp3) is 0. The van der Waals surface area contributed by atoms with E-state index in [1.807, 2.05) is 0 Å². The first-order chi connectivity index (χ1) is 22.3. The van der Waals surface area contributed by atoms with E-state index in [4.69, 9.17) is 0 Å². The minimum absolute atomic E-state index is 1.16. The van der Waals surface area contributed by atoms with Gasteiger partial charge < -0.3 is 9.13 Å². The minimum Gasteiger partial charge on any atom is -0.309 e. The van der Waals surface area contributed by atoms with Gasteiger partial charge in [-0.1, -0.05) is 121 Å². The Balaban J connectivity index is 1.51. The molecule has 0 atom stereocenters. The summed E-state index contributed by atoms with van der Waals surface area (Å²) in [5, 5.41) is 5.03. The molecule has 9 rings (SSSR count). The predicted octanol–water partition coefficient (Wildman–Crippen LogP) is 11.8. The summed E-state index contributed by atoms with van der Waals surface area (Å²) < 4.78 is 6.17. The van der Waals surface area contributed by atoms with Crippen LogP contribution in [0.2, 0.25) is 0 Å². The van der Waals surface area contributed by atoms with Crippen LogP contribution in [0, 0.1) is 3.57 Å². The van der Waals surface area contributed by atoms with E-state index in [0.29, 0.717) is 0 Å². The zero-order chi connectivity index (χ0) is 29.9. The molecule has 9 aromatic rings. The van der Waals surface area contributed by atoms with Crippen LogP contribution in [0.15, 0.2) is 164 Å². The summed E-state index contributed by atoms with van der Waals surface area (Å²) in [6.45, 7) is 0. The Kier molecular flexibility index (Phi) is 6.13. The Morgan fingerprint density at radius 1 is 0.400 bits per heavy atom. The summed E-state index contributed by atoms with van der Waals surface area (Å²) in [4.78, 5) is 0. The zero-order valence-electron chi connectivity index (χ0n) is 24.4. The van der Waals surface area contributed by atoms with Crippen LogP contribution in [0.3, 0.4) is 0 Å². The van der Waals surface area contributed by atoms with Crippen LogP contribution >= 0.6 is 22.6 Å². The van der Waals surface area contributed by atoms with Crippen LogP contribution < -0.4 is 0 Å². The van der Waals surface area contributed by atoms with Gasteiger partial charge in [0.1, 0.15) is 0 Å². The molecule has 2 heterocycles. The number of benzene rings is 7. The molecule has 0 aliphatic carbocycles. The van der Waals surface area contributed by atoms with Crippen LogP contribution in [0.1, 0.15) is 0 Å². The van der Waals surface area contributed by atoms with Crippen LogP contribution in [-0.4, -0.2) is 9.13 Å². The molecule has 2 nitrogen and oxygen atoms in total. The Morgan fingerprint density at radius 3 is 1.53 bits per heavy atom. The summed E-state index contributed by atoms with van der Waals surface area (Å²) in [6.07, 6.45) is 0. The van der Waals surface area contributed by atoms with Crippen molar-refractivity contribution in [1.29, 1.82) is 0 Å². The second-order valence-corrected chi connectivity index (χ2v) is 12.7. The largest absolute Gasteiger partial charge is 0.309 e. The van der Waals surface area contributed by atoms with Crippen molar-refractivity contribution in [2.24, 2.45) is 0 Å². The van der Waals surface area contributed by atoms with Gasteiger partial charge in [-0.2, -0.15) is 0 Å². The van der Waals surface area contributed by atoms with Gasteiger partial charge in [0.15, 0.2) is 0 Å². The van der Waals surface area contributed by atoms with Crippen molar-refractivity contribution in [1.82, 2.24) is 9.13 Å². The third-order valence-electron chi connectivity index (χ3n) is 8.95. The molecule has 212 valence electrons. The Morgan fingerprint density at radius 2 is 0.911 bits per heavy atom. The fourth-order valence-electron chi connectivity index (χ4n) is 7.11. The molecule has 0 saturated heterocycles. The van der Waals surface area contributed by atoms with E-state index in [2.05, 4.69) is 196 Å². The molecule has 0 aliphatic rings.